The highest BCUT2D eigenvalue weighted by atomic mass is 16.5. The average Bonchev–Trinajstić information content (AvgIpc) is 3.12. The largest absolute Gasteiger partial charge is 0.494 e. The van der Waals surface area contributed by atoms with Gasteiger partial charge >= 0.3 is 5.97 Å². The van der Waals surface area contributed by atoms with E-state index in [0.29, 0.717) is 24.7 Å². The van der Waals surface area contributed by atoms with Crippen LogP contribution >= 0.6 is 0 Å². The zero-order chi connectivity index (χ0) is 17.5. The van der Waals surface area contributed by atoms with Crippen LogP contribution in [0.5, 0.6) is 11.6 Å². The fraction of sp³-hybridized carbons (Fsp3) is 0.400. The summed E-state index contributed by atoms with van der Waals surface area (Å²) in [5, 5.41) is 8.66. The second-order valence-corrected chi connectivity index (χ2v) is 6.26. The van der Waals surface area contributed by atoms with Crippen LogP contribution in [0.4, 0.5) is 0 Å². The van der Waals surface area contributed by atoms with Crippen LogP contribution in [-0.4, -0.2) is 28.8 Å². The molecule has 0 aliphatic heterocycles. The van der Waals surface area contributed by atoms with Gasteiger partial charge in [0.15, 0.2) is 0 Å². The SMILES string of the molecule is O=C(O)CCCOc1cccc(-c2cccc(OC3CCCC3)n2)c1. The van der Waals surface area contributed by atoms with E-state index in [1.54, 1.807) is 0 Å². The molecule has 1 aliphatic rings. The third-order valence-electron chi connectivity index (χ3n) is 4.25. The summed E-state index contributed by atoms with van der Waals surface area (Å²) in [6.07, 6.45) is 5.55. The molecule has 0 atom stereocenters. The van der Waals surface area contributed by atoms with Gasteiger partial charge in [0.25, 0.3) is 0 Å². The lowest BCUT2D eigenvalue weighted by atomic mass is 10.1. The van der Waals surface area contributed by atoms with Crippen LogP contribution in [0.25, 0.3) is 11.3 Å². The van der Waals surface area contributed by atoms with Crippen LogP contribution in [0.3, 0.4) is 0 Å². The molecular formula is C20H23NO4. The third kappa shape index (κ3) is 5.21. The quantitative estimate of drug-likeness (QED) is 0.725. The Balaban J connectivity index is 1.64. The van der Waals surface area contributed by atoms with Crippen molar-refractivity contribution in [2.45, 2.75) is 44.6 Å². The number of carboxylic acids is 1. The highest BCUT2D eigenvalue weighted by molar-refractivity contribution is 5.66. The molecular weight excluding hydrogens is 318 g/mol. The first-order valence-electron chi connectivity index (χ1n) is 8.79. The number of ether oxygens (including phenoxy) is 2. The zero-order valence-corrected chi connectivity index (χ0v) is 14.2. The molecule has 1 N–H and O–H groups in total. The maximum atomic E-state index is 10.5. The van der Waals surface area contributed by atoms with Gasteiger partial charge in [0.05, 0.1) is 12.3 Å². The molecule has 3 rings (SSSR count). The van der Waals surface area contributed by atoms with E-state index >= 15 is 0 Å². The van der Waals surface area contributed by atoms with Crippen molar-refractivity contribution in [3.8, 4) is 22.9 Å². The smallest absolute Gasteiger partial charge is 0.303 e. The molecule has 5 heteroatoms. The standard InChI is InChI=1S/C20H23NO4/c22-20(23)12-5-13-24-17-9-3-6-15(14-17)18-10-4-11-19(21-18)25-16-7-1-2-8-16/h3-4,6,9-11,14,16H,1-2,5,7-8,12-13H2,(H,22,23). The molecule has 132 valence electrons. The van der Waals surface area contributed by atoms with Gasteiger partial charge in [0, 0.05) is 18.1 Å². The summed E-state index contributed by atoms with van der Waals surface area (Å²) < 4.78 is 11.6. The van der Waals surface area contributed by atoms with Gasteiger partial charge in [-0.2, -0.15) is 0 Å². The summed E-state index contributed by atoms with van der Waals surface area (Å²) in [5.74, 6) is 0.574. The van der Waals surface area contributed by atoms with E-state index in [9.17, 15) is 4.79 Å². The van der Waals surface area contributed by atoms with Gasteiger partial charge in [-0.3, -0.25) is 4.79 Å². The minimum absolute atomic E-state index is 0.113. The Morgan fingerprint density at radius 3 is 2.76 bits per heavy atom. The number of carbonyl (C=O) groups is 1. The van der Waals surface area contributed by atoms with Crippen molar-refractivity contribution >= 4 is 5.97 Å². The summed E-state index contributed by atoms with van der Waals surface area (Å²) in [6.45, 7) is 0.383. The van der Waals surface area contributed by atoms with Gasteiger partial charge in [0.2, 0.25) is 5.88 Å². The second kappa shape index (κ2) is 8.51. The highest BCUT2D eigenvalue weighted by Gasteiger charge is 2.17. The lowest BCUT2D eigenvalue weighted by molar-refractivity contribution is -0.137. The monoisotopic (exact) mass is 341 g/mol. The Labute approximate surface area is 147 Å². The molecule has 0 saturated heterocycles. The number of hydrogen-bond acceptors (Lipinski definition) is 4. The number of aromatic nitrogens is 1. The Morgan fingerprint density at radius 2 is 1.96 bits per heavy atom. The number of nitrogens with zero attached hydrogens (tertiary/aromatic N) is 1. The fourth-order valence-corrected chi connectivity index (χ4v) is 2.98. The number of rotatable bonds is 8. The number of hydrogen-bond donors (Lipinski definition) is 1. The van der Waals surface area contributed by atoms with E-state index in [-0.39, 0.29) is 12.5 Å². The van der Waals surface area contributed by atoms with E-state index in [4.69, 9.17) is 14.6 Å². The van der Waals surface area contributed by atoms with E-state index < -0.39 is 5.97 Å². The summed E-state index contributed by atoms with van der Waals surface area (Å²) in [5.41, 5.74) is 1.79. The number of carboxylic acid groups (broad SMARTS) is 1. The number of pyridine rings is 1. The normalized spacial score (nSPS) is 14.4. The molecule has 0 amide bonds. The molecule has 5 nitrogen and oxygen atoms in total. The summed E-state index contributed by atoms with van der Waals surface area (Å²) in [7, 11) is 0. The molecule has 2 aromatic rings. The lowest BCUT2D eigenvalue weighted by Crippen LogP contribution is -2.11. The van der Waals surface area contributed by atoms with Crippen molar-refractivity contribution < 1.29 is 19.4 Å². The third-order valence-corrected chi connectivity index (χ3v) is 4.25. The molecule has 0 bridgehead atoms. The first-order chi connectivity index (χ1) is 12.2. The maximum absolute atomic E-state index is 10.5. The van der Waals surface area contributed by atoms with Crippen LogP contribution in [0.1, 0.15) is 38.5 Å². The van der Waals surface area contributed by atoms with Crippen LogP contribution < -0.4 is 9.47 Å². The number of benzene rings is 1. The molecule has 1 saturated carbocycles. The summed E-state index contributed by atoms with van der Waals surface area (Å²) >= 11 is 0. The molecule has 1 aliphatic carbocycles. The molecule has 1 fully saturated rings. The van der Waals surface area contributed by atoms with Crippen LogP contribution in [0, 0.1) is 0 Å². The topological polar surface area (TPSA) is 68.7 Å². The Bertz CT molecular complexity index is 710. The Morgan fingerprint density at radius 1 is 1.16 bits per heavy atom. The van der Waals surface area contributed by atoms with Crippen molar-refractivity contribution in [1.29, 1.82) is 0 Å². The van der Waals surface area contributed by atoms with E-state index in [1.807, 2.05) is 42.5 Å². The molecule has 0 unspecified atom stereocenters. The van der Waals surface area contributed by atoms with Crippen molar-refractivity contribution in [1.82, 2.24) is 4.98 Å². The van der Waals surface area contributed by atoms with Gasteiger partial charge < -0.3 is 14.6 Å². The zero-order valence-electron chi connectivity index (χ0n) is 14.2. The van der Waals surface area contributed by atoms with Gasteiger partial charge in [-0.25, -0.2) is 4.98 Å². The Hall–Kier alpha value is -2.56. The minimum atomic E-state index is -0.805. The van der Waals surface area contributed by atoms with Gasteiger partial charge in [-0.15, -0.1) is 0 Å². The predicted molar refractivity (Wildman–Crippen MR) is 94.9 cm³/mol. The second-order valence-electron chi connectivity index (χ2n) is 6.26. The molecule has 25 heavy (non-hydrogen) atoms. The highest BCUT2D eigenvalue weighted by Crippen LogP contribution is 2.27. The Kier molecular flexibility index (Phi) is 5.88. The van der Waals surface area contributed by atoms with Crippen LogP contribution in [0.2, 0.25) is 0 Å². The minimum Gasteiger partial charge on any atom is -0.494 e. The molecule has 1 aromatic heterocycles. The summed E-state index contributed by atoms with van der Waals surface area (Å²) in [6, 6.07) is 13.5. The fourth-order valence-electron chi connectivity index (χ4n) is 2.98. The van der Waals surface area contributed by atoms with Gasteiger partial charge in [-0.1, -0.05) is 18.2 Å². The molecule has 1 heterocycles. The molecule has 1 aromatic carbocycles. The van der Waals surface area contributed by atoms with Crippen LogP contribution in [-0.2, 0) is 4.79 Å². The van der Waals surface area contributed by atoms with Crippen molar-refractivity contribution in [2.24, 2.45) is 0 Å². The van der Waals surface area contributed by atoms with E-state index in [1.165, 1.54) is 12.8 Å². The van der Waals surface area contributed by atoms with E-state index in [0.717, 1.165) is 24.1 Å². The van der Waals surface area contributed by atoms with Gasteiger partial charge in [-0.05, 0) is 50.3 Å². The summed E-state index contributed by atoms with van der Waals surface area (Å²) in [4.78, 5) is 15.1. The van der Waals surface area contributed by atoms with Crippen molar-refractivity contribution in [3.05, 3.63) is 42.5 Å². The predicted octanol–water partition coefficient (Wildman–Crippen LogP) is 4.31. The van der Waals surface area contributed by atoms with Crippen molar-refractivity contribution in [3.63, 3.8) is 0 Å². The van der Waals surface area contributed by atoms with E-state index in [2.05, 4.69) is 4.98 Å². The van der Waals surface area contributed by atoms with Gasteiger partial charge in [0.1, 0.15) is 11.9 Å². The average molecular weight is 341 g/mol. The molecule has 0 spiro atoms. The van der Waals surface area contributed by atoms with Crippen molar-refractivity contribution in [2.75, 3.05) is 6.61 Å². The lowest BCUT2D eigenvalue weighted by Gasteiger charge is -2.13. The number of aliphatic carboxylic acids is 1. The maximum Gasteiger partial charge on any atom is 0.303 e. The first kappa shape index (κ1) is 17.3. The first-order valence-corrected chi connectivity index (χ1v) is 8.79. The molecule has 0 radical (unpaired) electrons. The van der Waals surface area contributed by atoms with Crippen LogP contribution in [0.15, 0.2) is 42.5 Å².